The largest absolute Gasteiger partial charge is 0.393 e. The van der Waals surface area contributed by atoms with Crippen molar-refractivity contribution < 1.29 is 0 Å². The zero-order valence-electron chi connectivity index (χ0n) is 6.99. The lowest BCUT2D eigenvalue weighted by atomic mass is 10.3. The lowest BCUT2D eigenvalue weighted by Gasteiger charge is -2.05. The van der Waals surface area contributed by atoms with Gasteiger partial charge in [-0.15, -0.1) is 0 Å². The molecule has 10 heavy (non-hydrogen) atoms. The van der Waals surface area contributed by atoms with Gasteiger partial charge in [-0.25, -0.2) is 0 Å². The molecule has 0 heterocycles. The first-order valence-electron chi connectivity index (χ1n) is 3.53. The molecule has 0 aliphatic carbocycles. The number of hydrogen-bond acceptors (Lipinski definition) is 3. The minimum atomic E-state index is 1.01. The summed E-state index contributed by atoms with van der Waals surface area (Å²) in [6.45, 7) is 1.01. The maximum Gasteiger partial charge on any atom is 0.0276 e. The Hall–Kier alpha value is -0.700. The SMILES string of the molecule is CN/C=C(/CCNC)NC. The average molecular weight is 143 g/mol. The second kappa shape index (κ2) is 6.42. The Balaban J connectivity index is 3.49. The Morgan fingerprint density at radius 1 is 1.30 bits per heavy atom. The molecule has 0 aromatic heterocycles. The predicted molar refractivity (Wildman–Crippen MR) is 44.7 cm³/mol. The van der Waals surface area contributed by atoms with Gasteiger partial charge in [-0.2, -0.15) is 0 Å². The quantitative estimate of drug-likeness (QED) is 0.502. The van der Waals surface area contributed by atoms with Gasteiger partial charge in [0.25, 0.3) is 0 Å². The van der Waals surface area contributed by atoms with Gasteiger partial charge in [-0.05, 0) is 7.05 Å². The highest BCUT2D eigenvalue weighted by Crippen LogP contribution is 1.90. The van der Waals surface area contributed by atoms with Gasteiger partial charge in [-0.3, -0.25) is 0 Å². The third kappa shape index (κ3) is 4.21. The summed E-state index contributed by atoms with van der Waals surface area (Å²) in [5.74, 6) is 0. The van der Waals surface area contributed by atoms with Crippen LogP contribution in [0, 0.1) is 0 Å². The number of nitrogens with one attached hydrogen (secondary N) is 3. The van der Waals surface area contributed by atoms with Gasteiger partial charge in [0.1, 0.15) is 0 Å². The third-order valence-corrected chi connectivity index (χ3v) is 1.28. The predicted octanol–water partition coefficient (Wildman–Crippen LogP) is -0.124. The molecule has 0 aromatic rings. The van der Waals surface area contributed by atoms with E-state index in [1.54, 1.807) is 0 Å². The van der Waals surface area contributed by atoms with Crippen LogP contribution in [-0.4, -0.2) is 27.7 Å². The fraction of sp³-hybridized carbons (Fsp3) is 0.714. The maximum atomic E-state index is 3.10. The van der Waals surface area contributed by atoms with Crippen LogP contribution in [0.3, 0.4) is 0 Å². The summed E-state index contributed by atoms with van der Waals surface area (Å²) in [5, 5.41) is 9.15. The second-order valence-corrected chi connectivity index (χ2v) is 2.06. The van der Waals surface area contributed by atoms with Gasteiger partial charge in [0.2, 0.25) is 0 Å². The van der Waals surface area contributed by atoms with Crippen LogP contribution in [0.25, 0.3) is 0 Å². The van der Waals surface area contributed by atoms with E-state index in [9.17, 15) is 0 Å². The fourth-order valence-corrected chi connectivity index (χ4v) is 0.703. The first-order valence-corrected chi connectivity index (χ1v) is 3.53. The highest BCUT2D eigenvalue weighted by atomic mass is 14.9. The maximum absolute atomic E-state index is 3.10. The molecule has 60 valence electrons. The van der Waals surface area contributed by atoms with Crippen LogP contribution in [0.2, 0.25) is 0 Å². The van der Waals surface area contributed by atoms with E-state index in [2.05, 4.69) is 16.0 Å². The fourth-order valence-electron chi connectivity index (χ4n) is 0.703. The molecule has 0 fully saturated rings. The van der Waals surface area contributed by atoms with Crippen molar-refractivity contribution in [3.8, 4) is 0 Å². The molecular formula is C7H17N3. The second-order valence-electron chi connectivity index (χ2n) is 2.06. The molecule has 0 unspecified atom stereocenters. The minimum Gasteiger partial charge on any atom is -0.393 e. The van der Waals surface area contributed by atoms with Crippen molar-refractivity contribution in [2.75, 3.05) is 27.7 Å². The first kappa shape index (κ1) is 9.30. The zero-order chi connectivity index (χ0) is 7.82. The van der Waals surface area contributed by atoms with Crippen LogP contribution in [0.1, 0.15) is 6.42 Å². The van der Waals surface area contributed by atoms with Crippen molar-refractivity contribution in [2.24, 2.45) is 0 Å². The molecule has 0 saturated heterocycles. The zero-order valence-corrected chi connectivity index (χ0v) is 6.99. The molecule has 0 saturated carbocycles. The monoisotopic (exact) mass is 143 g/mol. The van der Waals surface area contributed by atoms with Crippen molar-refractivity contribution >= 4 is 0 Å². The van der Waals surface area contributed by atoms with Gasteiger partial charge in [-0.1, -0.05) is 0 Å². The van der Waals surface area contributed by atoms with E-state index in [1.807, 2.05) is 27.3 Å². The molecule has 3 N–H and O–H groups in total. The molecule has 0 atom stereocenters. The molecule has 3 heteroatoms. The van der Waals surface area contributed by atoms with Gasteiger partial charge in [0, 0.05) is 39.0 Å². The Kier molecular flexibility index (Phi) is 5.97. The molecule has 0 rings (SSSR count). The molecule has 3 nitrogen and oxygen atoms in total. The van der Waals surface area contributed by atoms with Crippen LogP contribution < -0.4 is 16.0 Å². The smallest absolute Gasteiger partial charge is 0.0276 e. The topological polar surface area (TPSA) is 36.1 Å². The summed E-state index contributed by atoms with van der Waals surface area (Å²) in [6, 6.07) is 0. The first-order chi connectivity index (χ1) is 4.85. The van der Waals surface area contributed by atoms with Crippen LogP contribution >= 0.6 is 0 Å². The summed E-state index contributed by atoms with van der Waals surface area (Å²) in [5.41, 5.74) is 1.22. The van der Waals surface area contributed by atoms with E-state index in [4.69, 9.17) is 0 Å². The lowest BCUT2D eigenvalue weighted by molar-refractivity contribution is 0.740. The Morgan fingerprint density at radius 2 is 2.00 bits per heavy atom. The van der Waals surface area contributed by atoms with E-state index < -0.39 is 0 Å². The molecule has 0 spiro atoms. The van der Waals surface area contributed by atoms with Gasteiger partial charge < -0.3 is 16.0 Å². The van der Waals surface area contributed by atoms with E-state index in [0.717, 1.165) is 13.0 Å². The average Bonchev–Trinajstić information content (AvgIpc) is 1.98. The van der Waals surface area contributed by atoms with Crippen molar-refractivity contribution in [3.05, 3.63) is 11.9 Å². The van der Waals surface area contributed by atoms with E-state index in [0.29, 0.717) is 0 Å². The molecule has 0 radical (unpaired) electrons. The number of rotatable bonds is 5. The summed E-state index contributed by atoms with van der Waals surface area (Å²) in [7, 11) is 5.78. The van der Waals surface area contributed by atoms with Gasteiger partial charge in [0.05, 0.1) is 0 Å². The van der Waals surface area contributed by atoms with E-state index >= 15 is 0 Å². The van der Waals surface area contributed by atoms with Crippen molar-refractivity contribution in [1.82, 2.24) is 16.0 Å². The van der Waals surface area contributed by atoms with Crippen LogP contribution in [0.4, 0.5) is 0 Å². The van der Waals surface area contributed by atoms with E-state index in [-0.39, 0.29) is 0 Å². The van der Waals surface area contributed by atoms with Gasteiger partial charge >= 0.3 is 0 Å². The Bertz CT molecular complexity index is 99.0. The van der Waals surface area contributed by atoms with Crippen LogP contribution in [-0.2, 0) is 0 Å². The van der Waals surface area contributed by atoms with Crippen LogP contribution in [0.15, 0.2) is 11.9 Å². The summed E-state index contributed by atoms with van der Waals surface area (Å²) in [4.78, 5) is 0. The van der Waals surface area contributed by atoms with Crippen LogP contribution in [0.5, 0.6) is 0 Å². The molecule has 0 aromatic carbocycles. The summed E-state index contributed by atoms with van der Waals surface area (Å²) < 4.78 is 0. The lowest BCUT2D eigenvalue weighted by Crippen LogP contribution is -2.16. The molecule has 0 aliphatic rings. The molecule has 0 bridgehead atoms. The Morgan fingerprint density at radius 3 is 2.40 bits per heavy atom. The minimum absolute atomic E-state index is 1.01. The summed E-state index contributed by atoms with van der Waals surface area (Å²) in [6.07, 6.45) is 3.01. The van der Waals surface area contributed by atoms with Crippen molar-refractivity contribution in [2.45, 2.75) is 6.42 Å². The van der Waals surface area contributed by atoms with E-state index in [1.165, 1.54) is 5.70 Å². The molecule has 0 aliphatic heterocycles. The normalized spacial score (nSPS) is 11.3. The van der Waals surface area contributed by atoms with Crippen molar-refractivity contribution in [3.63, 3.8) is 0 Å². The molecule has 0 amide bonds. The summed E-state index contributed by atoms with van der Waals surface area (Å²) >= 11 is 0. The highest BCUT2D eigenvalue weighted by Gasteiger charge is 1.89. The molecular weight excluding hydrogens is 126 g/mol. The van der Waals surface area contributed by atoms with Gasteiger partial charge in [0.15, 0.2) is 0 Å². The number of hydrogen-bond donors (Lipinski definition) is 3. The van der Waals surface area contributed by atoms with Crippen molar-refractivity contribution in [1.29, 1.82) is 0 Å². The highest BCUT2D eigenvalue weighted by molar-refractivity contribution is 4.96. The standard InChI is InChI=1S/C7H17N3/c1-8-5-4-7(10-3)6-9-2/h6,8-10H,4-5H2,1-3H3/b7-6-. The third-order valence-electron chi connectivity index (χ3n) is 1.28. The Labute approximate surface area is 62.9 Å².